The Morgan fingerprint density at radius 3 is 2.61 bits per heavy atom. The van der Waals surface area contributed by atoms with E-state index < -0.39 is 5.41 Å². The van der Waals surface area contributed by atoms with Crippen molar-refractivity contribution in [1.29, 1.82) is 5.26 Å². The van der Waals surface area contributed by atoms with Crippen molar-refractivity contribution in [2.24, 2.45) is 5.41 Å². The molecule has 0 N–H and O–H groups in total. The number of carbonyl (C=O) groups is 1. The molecule has 96 valence electrons. The normalized spacial score (nSPS) is 10.6. The topological polar surface area (TPSA) is 53.3 Å². The fourth-order valence-corrected chi connectivity index (χ4v) is 1.69. The number of hydrogen-bond donors (Lipinski definition) is 0. The molecule has 0 aromatic heterocycles. The predicted octanol–water partition coefficient (Wildman–Crippen LogP) is 2.20. The van der Waals surface area contributed by atoms with Gasteiger partial charge in [0.25, 0.3) is 0 Å². The van der Waals surface area contributed by atoms with Crippen LogP contribution in [0.15, 0.2) is 24.3 Å². The van der Waals surface area contributed by atoms with Crippen LogP contribution in [0.25, 0.3) is 0 Å². The number of rotatable bonds is 4. The van der Waals surface area contributed by atoms with Crippen molar-refractivity contribution in [2.75, 3.05) is 14.2 Å². The zero-order valence-corrected chi connectivity index (χ0v) is 11.2. The van der Waals surface area contributed by atoms with Gasteiger partial charge < -0.3 is 9.64 Å². The van der Waals surface area contributed by atoms with Crippen LogP contribution in [-0.4, -0.2) is 25.0 Å². The highest BCUT2D eigenvalue weighted by atomic mass is 16.5. The molecule has 4 nitrogen and oxygen atoms in total. The van der Waals surface area contributed by atoms with E-state index in [1.165, 1.54) is 0 Å². The first-order valence-corrected chi connectivity index (χ1v) is 5.71. The lowest BCUT2D eigenvalue weighted by atomic mass is 9.94. The van der Waals surface area contributed by atoms with Crippen LogP contribution in [0.1, 0.15) is 19.4 Å². The summed E-state index contributed by atoms with van der Waals surface area (Å²) in [5.74, 6) is 0.544. The summed E-state index contributed by atoms with van der Waals surface area (Å²) < 4.78 is 5.23. The van der Waals surface area contributed by atoms with Gasteiger partial charge in [0.05, 0.1) is 13.2 Å². The van der Waals surface area contributed by atoms with Gasteiger partial charge in [0.15, 0.2) is 0 Å². The maximum Gasteiger partial charge on any atom is 0.242 e. The van der Waals surface area contributed by atoms with E-state index in [4.69, 9.17) is 10.00 Å². The summed E-state index contributed by atoms with van der Waals surface area (Å²) in [5.41, 5.74) is -0.0823. The lowest BCUT2D eigenvalue weighted by Crippen LogP contribution is -2.37. The highest BCUT2D eigenvalue weighted by Gasteiger charge is 2.30. The third-order valence-electron chi connectivity index (χ3n) is 2.76. The monoisotopic (exact) mass is 246 g/mol. The molecule has 0 spiro atoms. The van der Waals surface area contributed by atoms with Crippen molar-refractivity contribution in [1.82, 2.24) is 4.90 Å². The Bertz CT molecular complexity index is 475. The largest absolute Gasteiger partial charge is 0.496 e. The van der Waals surface area contributed by atoms with Crippen LogP contribution in [0.3, 0.4) is 0 Å². The summed E-state index contributed by atoms with van der Waals surface area (Å²) >= 11 is 0. The summed E-state index contributed by atoms with van der Waals surface area (Å²) in [5, 5.41) is 8.96. The van der Waals surface area contributed by atoms with Crippen LogP contribution in [0.2, 0.25) is 0 Å². The van der Waals surface area contributed by atoms with Gasteiger partial charge in [0.1, 0.15) is 11.2 Å². The minimum absolute atomic E-state index is 0.198. The Morgan fingerprint density at radius 1 is 1.44 bits per heavy atom. The lowest BCUT2D eigenvalue weighted by Gasteiger charge is -2.24. The van der Waals surface area contributed by atoms with Crippen molar-refractivity contribution >= 4 is 5.91 Å². The smallest absolute Gasteiger partial charge is 0.242 e. The molecule has 0 saturated carbocycles. The molecule has 0 aliphatic heterocycles. The van der Waals surface area contributed by atoms with Gasteiger partial charge >= 0.3 is 0 Å². The van der Waals surface area contributed by atoms with Gasteiger partial charge in [-0.3, -0.25) is 4.79 Å². The van der Waals surface area contributed by atoms with E-state index in [1.807, 2.05) is 30.3 Å². The molecule has 0 unspecified atom stereocenters. The Hall–Kier alpha value is -2.02. The second-order valence-electron chi connectivity index (χ2n) is 4.71. The summed E-state index contributed by atoms with van der Waals surface area (Å²) in [4.78, 5) is 13.6. The van der Waals surface area contributed by atoms with Crippen LogP contribution >= 0.6 is 0 Å². The Labute approximate surface area is 108 Å². The van der Waals surface area contributed by atoms with E-state index in [0.29, 0.717) is 6.54 Å². The van der Waals surface area contributed by atoms with Crippen molar-refractivity contribution in [3.05, 3.63) is 29.8 Å². The first-order chi connectivity index (χ1) is 8.42. The molecule has 0 atom stereocenters. The minimum Gasteiger partial charge on any atom is -0.496 e. The highest BCUT2D eigenvalue weighted by Crippen LogP contribution is 2.22. The van der Waals surface area contributed by atoms with Gasteiger partial charge in [-0.1, -0.05) is 18.2 Å². The number of ether oxygens (including phenoxy) is 1. The fraction of sp³-hybridized carbons (Fsp3) is 0.429. The quantitative estimate of drug-likeness (QED) is 0.818. The molecule has 0 fully saturated rings. The molecule has 0 aliphatic carbocycles. The zero-order valence-electron chi connectivity index (χ0n) is 11.2. The second kappa shape index (κ2) is 5.54. The van der Waals surface area contributed by atoms with E-state index in [2.05, 4.69) is 0 Å². The molecule has 1 aromatic rings. The van der Waals surface area contributed by atoms with Crippen LogP contribution in [0, 0.1) is 16.7 Å². The summed E-state index contributed by atoms with van der Waals surface area (Å²) in [6.07, 6.45) is 0. The van der Waals surface area contributed by atoms with Gasteiger partial charge in [-0.2, -0.15) is 5.26 Å². The molecule has 0 radical (unpaired) electrons. The van der Waals surface area contributed by atoms with E-state index >= 15 is 0 Å². The number of benzene rings is 1. The molecular formula is C14H18N2O2. The Kier molecular flexibility index (Phi) is 4.33. The number of carbonyl (C=O) groups excluding carboxylic acids is 1. The van der Waals surface area contributed by atoms with Crippen molar-refractivity contribution in [3.63, 3.8) is 0 Å². The second-order valence-corrected chi connectivity index (χ2v) is 4.71. The van der Waals surface area contributed by atoms with Crippen molar-refractivity contribution < 1.29 is 9.53 Å². The zero-order chi connectivity index (χ0) is 13.8. The SMILES string of the molecule is COc1ccccc1CN(C)C(=O)C(C)(C)C#N. The molecule has 1 amide bonds. The van der Waals surface area contributed by atoms with E-state index in [9.17, 15) is 4.79 Å². The van der Waals surface area contributed by atoms with E-state index in [1.54, 1.807) is 32.9 Å². The van der Waals surface area contributed by atoms with Crippen LogP contribution in [-0.2, 0) is 11.3 Å². The summed E-state index contributed by atoms with van der Waals surface area (Å²) in [7, 11) is 3.29. The van der Waals surface area contributed by atoms with Crippen molar-refractivity contribution in [2.45, 2.75) is 20.4 Å². The standard InChI is InChI=1S/C14H18N2O2/c1-14(2,10-15)13(17)16(3)9-11-7-5-6-8-12(11)18-4/h5-8H,9H2,1-4H3. The van der Waals surface area contributed by atoms with Gasteiger partial charge in [-0.05, 0) is 19.9 Å². The molecule has 1 aromatic carbocycles. The van der Waals surface area contributed by atoms with Crippen LogP contribution in [0.4, 0.5) is 0 Å². The van der Waals surface area contributed by atoms with Gasteiger partial charge in [-0.25, -0.2) is 0 Å². The number of nitriles is 1. The number of nitrogens with zero attached hydrogens (tertiary/aromatic N) is 2. The Morgan fingerprint density at radius 2 is 2.06 bits per heavy atom. The lowest BCUT2D eigenvalue weighted by molar-refractivity contribution is -0.136. The third kappa shape index (κ3) is 3.01. The van der Waals surface area contributed by atoms with Crippen molar-refractivity contribution in [3.8, 4) is 11.8 Å². The number of methoxy groups -OCH3 is 1. The van der Waals surface area contributed by atoms with Gasteiger partial charge in [0.2, 0.25) is 5.91 Å². The number of amides is 1. The molecule has 0 bridgehead atoms. The van der Waals surface area contributed by atoms with Gasteiger partial charge in [-0.15, -0.1) is 0 Å². The summed E-state index contributed by atoms with van der Waals surface area (Å²) in [6, 6.07) is 9.54. The minimum atomic E-state index is -1.00. The molecule has 0 heterocycles. The molecule has 4 heteroatoms. The molecule has 1 rings (SSSR count). The summed E-state index contributed by atoms with van der Waals surface area (Å²) in [6.45, 7) is 3.66. The fourth-order valence-electron chi connectivity index (χ4n) is 1.69. The predicted molar refractivity (Wildman–Crippen MR) is 68.9 cm³/mol. The Balaban J connectivity index is 2.86. The third-order valence-corrected chi connectivity index (χ3v) is 2.76. The molecule has 0 aliphatic rings. The highest BCUT2D eigenvalue weighted by molar-refractivity contribution is 5.84. The first kappa shape index (κ1) is 14.0. The van der Waals surface area contributed by atoms with Crippen LogP contribution < -0.4 is 4.74 Å². The van der Waals surface area contributed by atoms with E-state index in [0.717, 1.165) is 11.3 Å². The average Bonchev–Trinajstić information content (AvgIpc) is 2.38. The maximum atomic E-state index is 12.1. The number of para-hydroxylation sites is 1. The number of hydrogen-bond acceptors (Lipinski definition) is 3. The van der Waals surface area contributed by atoms with Gasteiger partial charge in [0, 0.05) is 19.2 Å². The van der Waals surface area contributed by atoms with E-state index in [-0.39, 0.29) is 5.91 Å². The molecular weight excluding hydrogens is 228 g/mol. The maximum absolute atomic E-state index is 12.1. The molecule has 0 saturated heterocycles. The average molecular weight is 246 g/mol. The van der Waals surface area contributed by atoms with Crippen LogP contribution in [0.5, 0.6) is 5.75 Å². The first-order valence-electron chi connectivity index (χ1n) is 5.71. The molecule has 18 heavy (non-hydrogen) atoms.